The van der Waals surface area contributed by atoms with Gasteiger partial charge in [-0.3, -0.25) is 14.6 Å². The molecule has 0 spiro atoms. The molecular formula is C15H13Cl2N5O2. The molecule has 0 saturated carbocycles. The number of aromatic nitrogens is 2. The Morgan fingerprint density at radius 3 is 2.71 bits per heavy atom. The second kappa shape index (κ2) is 8.37. The number of carbonyl (C=O) groups is 2. The number of halogens is 2. The van der Waals surface area contributed by atoms with Gasteiger partial charge in [0.05, 0.1) is 23.3 Å². The number of rotatable bonds is 5. The van der Waals surface area contributed by atoms with Crippen molar-refractivity contribution in [1.29, 1.82) is 0 Å². The van der Waals surface area contributed by atoms with Crippen molar-refractivity contribution in [2.45, 2.75) is 13.3 Å². The normalized spacial score (nSPS) is 11.0. The van der Waals surface area contributed by atoms with Crippen LogP contribution in [-0.2, 0) is 4.79 Å². The van der Waals surface area contributed by atoms with Gasteiger partial charge in [0.1, 0.15) is 5.69 Å². The van der Waals surface area contributed by atoms with Crippen molar-refractivity contribution >= 4 is 46.4 Å². The molecule has 24 heavy (non-hydrogen) atoms. The zero-order valence-corrected chi connectivity index (χ0v) is 14.1. The molecule has 1 heterocycles. The van der Waals surface area contributed by atoms with Crippen LogP contribution in [0.2, 0.25) is 10.0 Å². The summed E-state index contributed by atoms with van der Waals surface area (Å²) < 4.78 is 0. The van der Waals surface area contributed by atoms with Crippen molar-refractivity contribution in [2.75, 3.05) is 5.32 Å². The van der Waals surface area contributed by atoms with E-state index in [1.807, 2.05) is 0 Å². The van der Waals surface area contributed by atoms with E-state index in [0.717, 1.165) is 0 Å². The van der Waals surface area contributed by atoms with Crippen LogP contribution in [0.3, 0.4) is 0 Å². The van der Waals surface area contributed by atoms with Gasteiger partial charge in [0.15, 0.2) is 0 Å². The summed E-state index contributed by atoms with van der Waals surface area (Å²) in [5.74, 6) is -0.835. The average molecular weight is 366 g/mol. The highest BCUT2D eigenvalue weighted by Crippen LogP contribution is 2.25. The minimum atomic E-state index is -0.511. The first-order chi connectivity index (χ1) is 11.5. The van der Waals surface area contributed by atoms with Gasteiger partial charge in [0.2, 0.25) is 5.91 Å². The molecule has 2 aromatic rings. The topological polar surface area (TPSA) is 96.3 Å². The van der Waals surface area contributed by atoms with Gasteiger partial charge in [0.25, 0.3) is 5.91 Å². The molecule has 0 radical (unpaired) electrons. The van der Waals surface area contributed by atoms with Crippen LogP contribution in [0, 0.1) is 0 Å². The van der Waals surface area contributed by atoms with Crippen molar-refractivity contribution in [3.63, 3.8) is 0 Å². The molecule has 0 atom stereocenters. The van der Waals surface area contributed by atoms with Gasteiger partial charge in [-0.05, 0) is 25.1 Å². The number of nitrogens with zero attached hydrogens (tertiary/aromatic N) is 3. The van der Waals surface area contributed by atoms with Gasteiger partial charge in [-0.2, -0.15) is 5.10 Å². The summed E-state index contributed by atoms with van der Waals surface area (Å²) in [5, 5.41) is 7.30. The Hall–Kier alpha value is -2.51. The molecule has 0 fully saturated rings. The van der Waals surface area contributed by atoms with E-state index in [1.165, 1.54) is 24.7 Å². The fourth-order valence-electron chi connectivity index (χ4n) is 1.68. The van der Waals surface area contributed by atoms with E-state index in [2.05, 4.69) is 25.8 Å². The number of amides is 2. The van der Waals surface area contributed by atoms with Crippen LogP contribution < -0.4 is 10.7 Å². The van der Waals surface area contributed by atoms with Crippen LogP contribution in [0.5, 0.6) is 0 Å². The van der Waals surface area contributed by atoms with Crippen LogP contribution >= 0.6 is 23.2 Å². The lowest BCUT2D eigenvalue weighted by Crippen LogP contribution is -2.22. The minimum Gasteiger partial charge on any atom is -0.324 e. The predicted molar refractivity (Wildman–Crippen MR) is 92.3 cm³/mol. The molecule has 0 saturated heterocycles. The number of nitrogens with one attached hydrogen (secondary N) is 2. The summed E-state index contributed by atoms with van der Waals surface area (Å²) in [6, 6.07) is 4.75. The highest BCUT2D eigenvalue weighted by molar-refractivity contribution is 6.36. The SMILES string of the molecule is C/C(CC(=O)Nc1ccc(Cl)cc1Cl)=N/NC(=O)c1cnccn1. The monoisotopic (exact) mass is 365 g/mol. The molecule has 0 aliphatic heterocycles. The van der Waals surface area contributed by atoms with E-state index in [1.54, 1.807) is 19.1 Å². The Bertz CT molecular complexity index is 781. The maximum absolute atomic E-state index is 12.0. The van der Waals surface area contributed by atoms with Crippen molar-refractivity contribution in [1.82, 2.24) is 15.4 Å². The van der Waals surface area contributed by atoms with Gasteiger partial charge < -0.3 is 5.32 Å². The minimum absolute atomic E-state index is 0.0142. The molecule has 0 unspecified atom stereocenters. The summed E-state index contributed by atoms with van der Waals surface area (Å²) in [7, 11) is 0. The molecule has 0 bridgehead atoms. The maximum Gasteiger partial charge on any atom is 0.291 e. The van der Waals surface area contributed by atoms with Crippen molar-refractivity contribution in [2.24, 2.45) is 5.10 Å². The summed E-state index contributed by atoms with van der Waals surface area (Å²) in [5.41, 5.74) is 3.30. The molecule has 2 amide bonds. The molecule has 2 rings (SSSR count). The first kappa shape index (κ1) is 17.8. The third-order valence-electron chi connectivity index (χ3n) is 2.77. The molecule has 0 aliphatic carbocycles. The molecule has 7 nitrogen and oxygen atoms in total. The summed E-state index contributed by atoms with van der Waals surface area (Å²) in [4.78, 5) is 31.3. The third kappa shape index (κ3) is 5.29. The maximum atomic E-state index is 12.0. The van der Waals surface area contributed by atoms with E-state index >= 15 is 0 Å². The Morgan fingerprint density at radius 1 is 1.25 bits per heavy atom. The number of anilines is 1. The first-order valence-corrected chi connectivity index (χ1v) is 7.55. The zero-order chi connectivity index (χ0) is 17.5. The van der Waals surface area contributed by atoms with Crippen molar-refractivity contribution in [3.8, 4) is 0 Å². The lowest BCUT2D eigenvalue weighted by atomic mass is 10.2. The number of hydrogen-bond donors (Lipinski definition) is 2. The predicted octanol–water partition coefficient (Wildman–Crippen LogP) is 2.92. The van der Waals surface area contributed by atoms with Gasteiger partial charge >= 0.3 is 0 Å². The standard InChI is InChI=1S/C15H13Cl2N5O2/c1-9(21-22-15(24)13-8-18-4-5-19-13)6-14(23)20-12-3-2-10(16)7-11(12)17/h2-5,7-8H,6H2,1H3,(H,20,23)(H,22,24)/b21-9-. The fourth-order valence-corrected chi connectivity index (χ4v) is 2.13. The third-order valence-corrected chi connectivity index (χ3v) is 3.31. The first-order valence-electron chi connectivity index (χ1n) is 6.80. The molecule has 0 aliphatic rings. The zero-order valence-electron chi connectivity index (χ0n) is 12.6. The lowest BCUT2D eigenvalue weighted by Gasteiger charge is -2.07. The molecule has 124 valence electrons. The second-order valence-electron chi connectivity index (χ2n) is 4.73. The quantitative estimate of drug-likeness (QED) is 0.628. The van der Waals surface area contributed by atoms with Gasteiger partial charge in [-0.15, -0.1) is 0 Å². The van der Waals surface area contributed by atoms with Crippen LogP contribution in [0.4, 0.5) is 5.69 Å². The van der Waals surface area contributed by atoms with Gasteiger partial charge in [-0.1, -0.05) is 23.2 Å². The molecule has 1 aromatic carbocycles. The van der Waals surface area contributed by atoms with E-state index in [9.17, 15) is 9.59 Å². The Labute approximate surface area is 148 Å². The molecule has 9 heteroatoms. The van der Waals surface area contributed by atoms with Gasteiger partial charge in [-0.25, -0.2) is 10.4 Å². The van der Waals surface area contributed by atoms with E-state index in [0.29, 0.717) is 21.4 Å². The smallest absolute Gasteiger partial charge is 0.291 e. The van der Waals surface area contributed by atoms with E-state index in [-0.39, 0.29) is 18.0 Å². The Kier molecular flexibility index (Phi) is 6.22. The van der Waals surface area contributed by atoms with Gasteiger partial charge in [0, 0.05) is 23.1 Å². The number of hydrogen-bond acceptors (Lipinski definition) is 5. The van der Waals surface area contributed by atoms with Crippen molar-refractivity contribution < 1.29 is 9.59 Å². The highest BCUT2D eigenvalue weighted by atomic mass is 35.5. The number of hydrazone groups is 1. The number of benzene rings is 1. The van der Waals surface area contributed by atoms with Crippen LogP contribution in [-0.4, -0.2) is 27.5 Å². The van der Waals surface area contributed by atoms with E-state index < -0.39 is 5.91 Å². The second-order valence-corrected chi connectivity index (χ2v) is 5.57. The lowest BCUT2D eigenvalue weighted by molar-refractivity contribution is -0.115. The summed E-state index contributed by atoms with van der Waals surface area (Å²) in [6.07, 6.45) is 4.15. The average Bonchev–Trinajstić information content (AvgIpc) is 2.56. The van der Waals surface area contributed by atoms with Crippen molar-refractivity contribution in [3.05, 3.63) is 52.5 Å². The highest BCUT2D eigenvalue weighted by Gasteiger charge is 2.09. The summed E-state index contributed by atoms with van der Waals surface area (Å²) >= 11 is 11.8. The Balaban J connectivity index is 1.90. The molecule has 2 N–H and O–H groups in total. The van der Waals surface area contributed by atoms with E-state index in [4.69, 9.17) is 23.2 Å². The fraction of sp³-hybridized carbons (Fsp3) is 0.133. The number of carbonyl (C=O) groups excluding carboxylic acids is 2. The molecule has 1 aromatic heterocycles. The Morgan fingerprint density at radius 2 is 2.04 bits per heavy atom. The largest absolute Gasteiger partial charge is 0.324 e. The molecular weight excluding hydrogens is 353 g/mol. The summed E-state index contributed by atoms with van der Waals surface area (Å²) in [6.45, 7) is 1.61. The van der Waals surface area contributed by atoms with Crippen LogP contribution in [0.25, 0.3) is 0 Å². The van der Waals surface area contributed by atoms with Crippen LogP contribution in [0.15, 0.2) is 41.9 Å². The van der Waals surface area contributed by atoms with Crippen LogP contribution in [0.1, 0.15) is 23.8 Å².